The Morgan fingerprint density at radius 1 is 1.38 bits per heavy atom. The van der Waals surface area contributed by atoms with E-state index in [0.717, 1.165) is 32.6 Å². The van der Waals surface area contributed by atoms with Crippen LogP contribution in [0.2, 0.25) is 10.0 Å². The molecule has 0 unspecified atom stereocenters. The predicted octanol–water partition coefficient (Wildman–Crippen LogP) is 3.23. The second kappa shape index (κ2) is 5.71. The summed E-state index contributed by atoms with van der Waals surface area (Å²) in [6, 6.07) is 1.68. The molecule has 0 spiro atoms. The van der Waals surface area contributed by atoms with Crippen molar-refractivity contribution in [3.8, 4) is 0 Å². The van der Waals surface area contributed by atoms with Crippen molar-refractivity contribution in [3.05, 3.63) is 22.3 Å². The molecule has 88 valence electrons. The van der Waals surface area contributed by atoms with E-state index < -0.39 is 0 Å². The zero-order chi connectivity index (χ0) is 11.4. The highest BCUT2D eigenvalue weighted by atomic mass is 35.5. The first-order valence-electron chi connectivity index (χ1n) is 5.39. The van der Waals surface area contributed by atoms with Crippen molar-refractivity contribution in [1.82, 2.24) is 4.98 Å². The van der Waals surface area contributed by atoms with Gasteiger partial charge in [0, 0.05) is 26.0 Å². The second-order valence-electron chi connectivity index (χ2n) is 3.89. The average molecular weight is 261 g/mol. The van der Waals surface area contributed by atoms with Gasteiger partial charge in [0.05, 0.1) is 5.02 Å². The number of aromatic nitrogens is 1. The Morgan fingerprint density at radius 3 is 2.88 bits per heavy atom. The molecule has 5 heteroatoms. The highest BCUT2D eigenvalue weighted by Gasteiger charge is 2.14. The van der Waals surface area contributed by atoms with Crippen LogP contribution in [-0.4, -0.2) is 24.7 Å². The molecule has 16 heavy (non-hydrogen) atoms. The largest absolute Gasteiger partial charge is 0.381 e. The van der Waals surface area contributed by atoms with Crippen molar-refractivity contribution in [1.29, 1.82) is 0 Å². The Kier molecular flexibility index (Phi) is 4.27. The van der Waals surface area contributed by atoms with Gasteiger partial charge < -0.3 is 10.1 Å². The van der Waals surface area contributed by atoms with Crippen molar-refractivity contribution in [2.45, 2.75) is 12.8 Å². The van der Waals surface area contributed by atoms with Gasteiger partial charge in [0.15, 0.2) is 0 Å². The molecule has 1 aromatic heterocycles. The molecule has 1 saturated heterocycles. The molecule has 1 aromatic rings. The van der Waals surface area contributed by atoms with Crippen molar-refractivity contribution in [2.24, 2.45) is 5.92 Å². The zero-order valence-electron chi connectivity index (χ0n) is 8.88. The third-order valence-electron chi connectivity index (χ3n) is 2.74. The number of ether oxygens (including phenoxy) is 1. The van der Waals surface area contributed by atoms with Gasteiger partial charge in [-0.3, -0.25) is 0 Å². The number of pyridine rings is 1. The van der Waals surface area contributed by atoms with Gasteiger partial charge in [-0.15, -0.1) is 0 Å². The molecule has 2 rings (SSSR count). The van der Waals surface area contributed by atoms with E-state index in [1.165, 1.54) is 0 Å². The number of halogens is 2. The molecule has 0 atom stereocenters. The summed E-state index contributed by atoms with van der Waals surface area (Å²) in [6.07, 6.45) is 3.83. The highest BCUT2D eigenvalue weighted by Crippen LogP contribution is 2.28. The molecule has 0 radical (unpaired) electrons. The van der Waals surface area contributed by atoms with Gasteiger partial charge in [-0.05, 0) is 24.8 Å². The van der Waals surface area contributed by atoms with E-state index in [1.807, 2.05) is 0 Å². The third-order valence-corrected chi connectivity index (χ3v) is 3.54. The lowest BCUT2D eigenvalue weighted by atomic mass is 10.0. The minimum Gasteiger partial charge on any atom is -0.381 e. The first-order valence-corrected chi connectivity index (χ1v) is 6.14. The molecular formula is C11H14Cl2N2O. The highest BCUT2D eigenvalue weighted by molar-refractivity contribution is 6.43. The number of hydrogen-bond acceptors (Lipinski definition) is 3. The standard InChI is InChI=1S/C11H14Cl2N2O/c12-9-1-4-14-11(10(9)13)15-7-8-2-5-16-6-3-8/h1,4,8H,2-3,5-7H2,(H,14,15). The third kappa shape index (κ3) is 3.00. The van der Waals surface area contributed by atoms with Crippen LogP contribution in [0.25, 0.3) is 0 Å². The van der Waals surface area contributed by atoms with Gasteiger partial charge >= 0.3 is 0 Å². The molecule has 1 aliphatic heterocycles. The first-order chi connectivity index (χ1) is 7.77. The Bertz CT molecular complexity index is 354. The summed E-state index contributed by atoms with van der Waals surface area (Å²) in [7, 11) is 0. The van der Waals surface area contributed by atoms with Crippen LogP contribution >= 0.6 is 23.2 Å². The van der Waals surface area contributed by atoms with E-state index in [2.05, 4.69) is 10.3 Å². The second-order valence-corrected chi connectivity index (χ2v) is 4.68. The lowest BCUT2D eigenvalue weighted by Gasteiger charge is -2.22. The molecule has 0 bridgehead atoms. The maximum atomic E-state index is 6.03. The SMILES string of the molecule is Clc1ccnc(NCC2CCOCC2)c1Cl. The van der Waals surface area contributed by atoms with Crippen LogP contribution in [0.1, 0.15) is 12.8 Å². The number of nitrogens with zero attached hydrogens (tertiary/aromatic N) is 1. The molecule has 0 amide bonds. The summed E-state index contributed by atoms with van der Waals surface area (Å²) < 4.78 is 5.30. The summed E-state index contributed by atoms with van der Waals surface area (Å²) in [5.41, 5.74) is 0. The lowest BCUT2D eigenvalue weighted by Crippen LogP contribution is -2.23. The quantitative estimate of drug-likeness (QED) is 0.907. The van der Waals surface area contributed by atoms with Crippen LogP contribution in [0.5, 0.6) is 0 Å². The fourth-order valence-corrected chi connectivity index (χ4v) is 2.06. The Labute approximate surface area is 105 Å². The zero-order valence-corrected chi connectivity index (χ0v) is 10.4. The lowest BCUT2D eigenvalue weighted by molar-refractivity contribution is 0.0699. The van der Waals surface area contributed by atoms with Crippen molar-refractivity contribution in [2.75, 3.05) is 25.1 Å². The molecular weight excluding hydrogens is 247 g/mol. The van der Waals surface area contributed by atoms with Gasteiger partial charge in [-0.1, -0.05) is 23.2 Å². The van der Waals surface area contributed by atoms with Crippen LogP contribution in [0.4, 0.5) is 5.82 Å². The van der Waals surface area contributed by atoms with Crippen LogP contribution in [-0.2, 0) is 4.74 Å². The van der Waals surface area contributed by atoms with Crippen LogP contribution < -0.4 is 5.32 Å². The van der Waals surface area contributed by atoms with E-state index in [-0.39, 0.29) is 0 Å². The number of nitrogens with one attached hydrogen (secondary N) is 1. The molecule has 1 fully saturated rings. The summed E-state index contributed by atoms with van der Waals surface area (Å²) in [5, 5.41) is 4.27. The first kappa shape index (κ1) is 12.0. The maximum Gasteiger partial charge on any atom is 0.146 e. The Balaban J connectivity index is 1.91. The summed E-state index contributed by atoms with van der Waals surface area (Å²) in [6.45, 7) is 2.57. The van der Waals surface area contributed by atoms with E-state index in [9.17, 15) is 0 Å². The smallest absolute Gasteiger partial charge is 0.146 e. The van der Waals surface area contributed by atoms with E-state index >= 15 is 0 Å². The monoisotopic (exact) mass is 260 g/mol. The normalized spacial score (nSPS) is 17.4. The predicted molar refractivity (Wildman–Crippen MR) is 66.3 cm³/mol. The van der Waals surface area contributed by atoms with Gasteiger partial charge in [-0.25, -0.2) is 4.98 Å². The Morgan fingerprint density at radius 2 is 2.12 bits per heavy atom. The fourth-order valence-electron chi connectivity index (χ4n) is 1.73. The number of hydrogen-bond donors (Lipinski definition) is 1. The van der Waals surface area contributed by atoms with Crippen LogP contribution in [0.3, 0.4) is 0 Å². The van der Waals surface area contributed by atoms with E-state index in [4.69, 9.17) is 27.9 Å². The van der Waals surface area contributed by atoms with Crippen molar-refractivity contribution >= 4 is 29.0 Å². The molecule has 0 aliphatic carbocycles. The molecule has 1 N–H and O–H groups in total. The number of anilines is 1. The van der Waals surface area contributed by atoms with Crippen molar-refractivity contribution < 1.29 is 4.74 Å². The summed E-state index contributed by atoms with van der Waals surface area (Å²) in [4.78, 5) is 4.16. The molecule has 0 saturated carbocycles. The maximum absolute atomic E-state index is 6.03. The topological polar surface area (TPSA) is 34.2 Å². The number of rotatable bonds is 3. The van der Waals surface area contributed by atoms with Gasteiger partial charge in [0.25, 0.3) is 0 Å². The van der Waals surface area contributed by atoms with E-state index in [0.29, 0.717) is 21.8 Å². The van der Waals surface area contributed by atoms with Crippen LogP contribution in [0, 0.1) is 5.92 Å². The summed E-state index contributed by atoms with van der Waals surface area (Å²) >= 11 is 11.9. The fraction of sp³-hybridized carbons (Fsp3) is 0.545. The van der Waals surface area contributed by atoms with Gasteiger partial charge in [-0.2, -0.15) is 0 Å². The van der Waals surface area contributed by atoms with Gasteiger partial charge in [0.2, 0.25) is 0 Å². The van der Waals surface area contributed by atoms with E-state index in [1.54, 1.807) is 12.3 Å². The summed E-state index contributed by atoms with van der Waals surface area (Å²) in [5.74, 6) is 1.30. The molecule has 2 heterocycles. The molecule has 3 nitrogen and oxygen atoms in total. The van der Waals surface area contributed by atoms with Crippen LogP contribution in [0.15, 0.2) is 12.3 Å². The Hall–Kier alpha value is -0.510. The van der Waals surface area contributed by atoms with Crippen molar-refractivity contribution in [3.63, 3.8) is 0 Å². The molecule has 1 aliphatic rings. The average Bonchev–Trinajstić information content (AvgIpc) is 2.32. The van der Waals surface area contributed by atoms with Gasteiger partial charge in [0.1, 0.15) is 10.8 Å². The minimum absolute atomic E-state index is 0.497. The molecule has 0 aromatic carbocycles. The minimum atomic E-state index is 0.497.